The Hall–Kier alpha value is 0. The van der Waals surface area contributed by atoms with Crippen molar-refractivity contribution in [3.63, 3.8) is 0 Å². The largest absolute Gasteiger partial charge is 0.0648 e. The summed E-state index contributed by atoms with van der Waals surface area (Å²) in [6.45, 7) is 20.1. The summed E-state index contributed by atoms with van der Waals surface area (Å²) >= 11 is 0. The monoisotopic (exact) mass is 213 g/mol. The molecule has 0 aromatic rings. The van der Waals surface area contributed by atoms with Crippen LogP contribution in [0.25, 0.3) is 0 Å². The molecule has 0 nitrogen and oxygen atoms in total. The molecule has 0 aliphatic heterocycles. The minimum Gasteiger partial charge on any atom is -0.0648 e. The standard InChI is InChI=1S/C15H32/c1-10-15(11-2,14(7,8)9)12(3)13(4,5)6/h12H,10-11H2,1-9H3/i12D. The molecule has 0 aromatic carbocycles. The van der Waals surface area contributed by atoms with Gasteiger partial charge in [0.2, 0.25) is 0 Å². The van der Waals surface area contributed by atoms with Gasteiger partial charge in [-0.2, -0.15) is 0 Å². The van der Waals surface area contributed by atoms with Gasteiger partial charge in [-0.05, 0) is 35.0 Å². The lowest BCUT2D eigenvalue weighted by Crippen LogP contribution is -2.45. The molecule has 0 saturated carbocycles. The second kappa shape index (κ2) is 4.47. The van der Waals surface area contributed by atoms with E-state index in [0.717, 1.165) is 12.8 Å². The third-order valence-electron chi connectivity index (χ3n) is 4.49. The second-order valence-corrected chi connectivity index (χ2v) is 6.91. The summed E-state index contributed by atoms with van der Waals surface area (Å²) in [7, 11) is 0. The topological polar surface area (TPSA) is 0 Å². The van der Waals surface area contributed by atoms with E-state index < -0.39 is 5.89 Å². The lowest BCUT2D eigenvalue weighted by atomic mass is 9.52. The summed E-state index contributed by atoms with van der Waals surface area (Å²) in [5, 5.41) is 0. The first kappa shape index (κ1) is 13.1. The Balaban J connectivity index is 5.72. The molecule has 0 radical (unpaired) electrons. The summed E-state index contributed by atoms with van der Waals surface area (Å²) in [4.78, 5) is 0. The first-order valence-electron chi connectivity index (χ1n) is 6.87. The molecule has 0 N–H and O–H groups in total. The van der Waals surface area contributed by atoms with Crippen molar-refractivity contribution in [2.24, 2.45) is 22.1 Å². The van der Waals surface area contributed by atoms with Crippen molar-refractivity contribution >= 4 is 0 Å². The lowest BCUT2D eigenvalue weighted by Gasteiger charge is -2.53. The summed E-state index contributed by atoms with van der Waals surface area (Å²) in [5.74, 6) is -0.415. The summed E-state index contributed by atoms with van der Waals surface area (Å²) in [5.41, 5.74) is 0.241. The zero-order valence-corrected chi connectivity index (χ0v) is 12.4. The fraction of sp³-hybridized carbons (Fsp3) is 1.00. The molecular formula is C15H32. The van der Waals surface area contributed by atoms with E-state index in [1.807, 2.05) is 0 Å². The highest BCUT2D eigenvalue weighted by atomic mass is 14.5. The molecular weight excluding hydrogens is 180 g/mol. The molecule has 0 heteroatoms. The van der Waals surface area contributed by atoms with E-state index in [9.17, 15) is 0 Å². The van der Waals surface area contributed by atoms with Gasteiger partial charge >= 0.3 is 0 Å². The lowest BCUT2D eigenvalue weighted by molar-refractivity contribution is -0.0374. The molecule has 15 heavy (non-hydrogen) atoms. The van der Waals surface area contributed by atoms with Gasteiger partial charge in [0.1, 0.15) is 0 Å². The Bertz CT molecular complexity index is 221. The Morgan fingerprint density at radius 3 is 1.33 bits per heavy atom. The van der Waals surface area contributed by atoms with Crippen molar-refractivity contribution in [2.45, 2.75) is 75.2 Å². The normalized spacial score (nSPS) is 19.7. The maximum Gasteiger partial charge on any atom is 0.0311 e. The van der Waals surface area contributed by atoms with Gasteiger partial charge in [-0.15, -0.1) is 0 Å². The molecule has 0 aliphatic carbocycles. The van der Waals surface area contributed by atoms with Crippen LogP contribution in [0.2, 0.25) is 0 Å². The van der Waals surface area contributed by atoms with Gasteiger partial charge in [0.15, 0.2) is 0 Å². The van der Waals surface area contributed by atoms with Crippen molar-refractivity contribution in [3.8, 4) is 0 Å². The van der Waals surface area contributed by atoms with Crippen LogP contribution in [0.4, 0.5) is 0 Å². The van der Waals surface area contributed by atoms with E-state index in [2.05, 4.69) is 62.3 Å². The molecule has 0 fully saturated rings. The number of rotatable bonds is 3. The van der Waals surface area contributed by atoms with Crippen LogP contribution in [0.3, 0.4) is 0 Å². The molecule has 0 bridgehead atoms. The zero-order chi connectivity index (χ0) is 13.4. The summed E-state index contributed by atoms with van der Waals surface area (Å²) in [6.07, 6.45) is 2.15. The third-order valence-corrected chi connectivity index (χ3v) is 4.49. The van der Waals surface area contributed by atoms with Gasteiger partial charge in [-0.1, -0.05) is 62.3 Å². The van der Waals surface area contributed by atoms with Crippen LogP contribution in [0.5, 0.6) is 0 Å². The third kappa shape index (κ3) is 2.77. The van der Waals surface area contributed by atoms with Crippen LogP contribution in [0.15, 0.2) is 0 Å². The van der Waals surface area contributed by atoms with E-state index in [0.29, 0.717) is 0 Å². The molecule has 0 spiro atoms. The van der Waals surface area contributed by atoms with E-state index in [-0.39, 0.29) is 16.2 Å². The minimum atomic E-state index is -0.415. The first-order chi connectivity index (χ1) is 6.87. The highest BCUT2D eigenvalue weighted by Crippen LogP contribution is 2.55. The van der Waals surface area contributed by atoms with Gasteiger partial charge in [0.25, 0.3) is 0 Å². The molecule has 0 rings (SSSR count). The van der Waals surface area contributed by atoms with Gasteiger partial charge in [0.05, 0.1) is 0 Å². The van der Waals surface area contributed by atoms with Gasteiger partial charge < -0.3 is 0 Å². The van der Waals surface area contributed by atoms with Crippen LogP contribution >= 0.6 is 0 Å². The zero-order valence-electron chi connectivity index (χ0n) is 13.4. The van der Waals surface area contributed by atoms with Crippen molar-refractivity contribution in [1.82, 2.24) is 0 Å². The smallest absolute Gasteiger partial charge is 0.0311 e. The van der Waals surface area contributed by atoms with Gasteiger partial charge in [-0.25, -0.2) is 0 Å². The number of hydrogen-bond donors (Lipinski definition) is 0. The van der Waals surface area contributed by atoms with Gasteiger partial charge in [0, 0.05) is 1.37 Å². The fourth-order valence-corrected chi connectivity index (χ4v) is 3.12. The van der Waals surface area contributed by atoms with Crippen LogP contribution in [-0.2, 0) is 0 Å². The predicted octanol–water partition coefficient (Wildman–Crippen LogP) is 5.52. The summed E-state index contributed by atoms with van der Waals surface area (Å²) in [6, 6.07) is 0. The molecule has 0 aromatic heterocycles. The van der Waals surface area contributed by atoms with E-state index in [4.69, 9.17) is 1.37 Å². The fourth-order valence-electron chi connectivity index (χ4n) is 3.12. The van der Waals surface area contributed by atoms with Crippen molar-refractivity contribution in [1.29, 1.82) is 0 Å². The Morgan fingerprint density at radius 2 is 1.27 bits per heavy atom. The molecule has 1 unspecified atom stereocenters. The maximum absolute atomic E-state index is 8.94. The van der Waals surface area contributed by atoms with Crippen LogP contribution in [0.1, 0.15) is 76.5 Å². The Kier molecular flexibility index (Phi) is 3.90. The van der Waals surface area contributed by atoms with Crippen molar-refractivity contribution < 1.29 is 1.37 Å². The molecule has 0 saturated heterocycles. The van der Waals surface area contributed by atoms with Crippen molar-refractivity contribution in [2.75, 3.05) is 0 Å². The van der Waals surface area contributed by atoms with Crippen LogP contribution < -0.4 is 0 Å². The molecule has 92 valence electrons. The quantitative estimate of drug-likeness (QED) is 0.579. The molecule has 0 heterocycles. The highest BCUT2D eigenvalue weighted by Gasteiger charge is 2.46. The highest BCUT2D eigenvalue weighted by molar-refractivity contribution is 4.95. The molecule has 0 amide bonds. The predicted molar refractivity (Wildman–Crippen MR) is 71.1 cm³/mol. The average Bonchev–Trinajstić information content (AvgIpc) is 2.01. The Morgan fingerprint density at radius 1 is 0.933 bits per heavy atom. The SMILES string of the molecule is [2H]C(C)(C(C)(C)C)C(CC)(CC)C(C)(C)C. The minimum absolute atomic E-state index is 0.00625. The van der Waals surface area contributed by atoms with E-state index in [1.165, 1.54) is 0 Å². The van der Waals surface area contributed by atoms with Gasteiger partial charge in [-0.3, -0.25) is 0 Å². The van der Waals surface area contributed by atoms with E-state index >= 15 is 0 Å². The van der Waals surface area contributed by atoms with Crippen LogP contribution in [-0.4, -0.2) is 0 Å². The molecule has 0 aliphatic rings. The maximum atomic E-state index is 8.94. The molecule has 1 atom stereocenters. The average molecular weight is 213 g/mol. The van der Waals surface area contributed by atoms with Crippen molar-refractivity contribution in [3.05, 3.63) is 0 Å². The van der Waals surface area contributed by atoms with Crippen LogP contribution in [0, 0.1) is 22.1 Å². The second-order valence-electron chi connectivity index (χ2n) is 6.91. The number of hydrogen-bond acceptors (Lipinski definition) is 0. The summed E-state index contributed by atoms with van der Waals surface area (Å²) < 4.78 is 8.94. The Labute approximate surface area is 99.3 Å². The first-order valence-corrected chi connectivity index (χ1v) is 6.37. The van der Waals surface area contributed by atoms with E-state index in [1.54, 1.807) is 0 Å².